The molecule has 0 spiro atoms. The fourth-order valence-corrected chi connectivity index (χ4v) is 4.49. The van der Waals surface area contributed by atoms with Crippen molar-refractivity contribution in [1.82, 2.24) is 14.5 Å². The number of hydrogen-bond donors (Lipinski definition) is 2. The Kier molecular flexibility index (Phi) is 4.76. The lowest BCUT2D eigenvalue weighted by atomic mass is 9.99. The molecule has 1 aromatic heterocycles. The van der Waals surface area contributed by atoms with Crippen molar-refractivity contribution in [2.24, 2.45) is 5.73 Å². The summed E-state index contributed by atoms with van der Waals surface area (Å²) >= 11 is 0. The average Bonchev–Trinajstić information content (AvgIpc) is 2.69. The third-order valence-electron chi connectivity index (χ3n) is 3.70. The Hall–Kier alpha value is -0.920. The Balaban J connectivity index is 3.40. The molecule has 0 bridgehead atoms. The number of nitrogens with one attached hydrogen (secondary N) is 1. The first-order chi connectivity index (χ1) is 8.74. The van der Waals surface area contributed by atoms with Crippen molar-refractivity contribution >= 4 is 10.0 Å². The molecule has 0 saturated carbocycles. The topological polar surface area (TPSA) is 92.1 Å². The number of aromatic amines is 1. The smallest absolute Gasteiger partial charge is 0.247 e. The fourth-order valence-electron chi connectivity index (χ4n) is 2.30. The molecule has 0 aliphatic carbocycles. The number of H-pyrrole nitrogens is 1. The Morgan fingerprint density at radius 1 is 1.37 bits per heavy atom. The number of nitrogens with zero attached hydrogens (tertiary/aromatic N) is 2. The molecule has 0 amide bonds. The van der Waals surface area contributed by atoms with Gasteiger partial charge in [0.05, 0.1) is 11.4 Å². The fraction of sp³-hybridized carbons (Fsp3) is 0.750. The van der Waals surface area contributed by atoms with Gasteiger partial charge in [0.25, 0.3) is 0 Å². The van der Waals surface area contributed by atoms with Crippen LogP contribution in [-0.2, 0) is 10.0 Å². The second kappa shape index (κ2) is 5.60. The molecule has 110 valence electrons. The van der Waals surface area contributed by atoms with E-state index in [4.69, 9.17) is 5.73 Å². The van der Waals surface area contributed by atoms with Gasteiger partial charge in [0.15, 0.2) is 0 Å². The van der Waals surface area contributed by atoms with E-state index in [1.807, 2.05) is 20.8 Å². The number of aryl methyl sites for hydroxylation is 2. The molecule has 1 atom stereocenters. The van der Waals surface area contributed by atoms with Gasteiger partial charge in [-0.3, -0.25) is 5.10 Å². The highest BCUT2D eigenvalue weighted by Crippen LogP contribution is 2.29. The quantitative estimate of drug-likeness (QED) is 0.821. The van der Waals surface area contributed by atoms with Crippen LogP contribution >= 0.6 is 0 Å². The minimum Gasteiger partial charge on any atom is -0.329 e. The van der Waals surface area contributed by atoms with Crippen molar-refractivity contribution in [2.75, 3.05) is 13.1 Å². The second-order valence-electron chi connectivity index (χ2n) is 4.99. The number of sulfonamides is 1. The van der Waals surface area contributed by atoms with Gasteiger partial charge in [-0.1, -0.05) is 13.8 Å². The van der Waals surface area contributed by atoms with Crippen LogP contribution in [0.4, 0.5) is 0 Å². The molecule has 6 nitrogen and oxygen atoms in total. The molecular weight excluding hydrogens is 264 g/mol. The van der Waals surface area contributed by atoms with Crippen LogP contribution in [-0.4, -0.2) is 41.5 Å². The van der Waals surface area contributed by atoms with Crippen molar-refractivity contribution < 1.29 is 8.42 Å². The molecule has 0 aliphatic heterocycles. The molecule has 0 aromatic carbocycles. The number of rotatable bonds is 6. The third kappa shape index (κ3) is 2.68. The Morgan fingerprint density at radius 3 is 2.26 bits per heavy atom. The van der Waals surface area contributed by atoms with Gasteiger partial charge >= 0.3 is 0 Å². The maximum absolute atomic E-state index is 12.8. The summed E-state index contributed by atoms with van der Waals surface area (Å²) in [5.74, 6) is 0. The highest BCUT2D eigenvalue weighted by atomic mass is 32.2. The molecule has 1 rings (SSSR count). The minimum atomic E-state index is -3.59. The van der Waals surface area contributed by atoms with E-state index in [1.165, 1.54) is 4.31 Å². The summed E-state index contributed by atoms with van der Waals surface area (Å²) in [6, 6.07) is 0. The first kappa shape index (κ1) is 16.1. The van der Waals surface area contributed by atoms with Crippen LogP contribution in [0.5, 0.6) is 0 Å². The summed E-state index contributed by atoms with van der Waals surface area (Å²) in [4.78, 5) is 0.266. The van der Waals surface area contributed by atoms with Gasteiger partial charge in [-0.15, -0.1) is 0 Å². The molecule has 3 N–H and O–H groups in total. The van der Waals surface area contributed by atoms with Gasteiger partial charge in [0.1, 0.15) is 4.90 Å². The average molecular weight is 288 g/mol. The van der Waals surface area contributed by atoms with Crippen molar-refractivity contribution in [3.05, 3.63) is 11.4 Å². The first-order valence-electron chi connectivity index (χ1n) is 6.49. The Labute approximate surface area is 115 Å². The van der Waals surface area contributed by atoms with Gasteiger partial charge in [-0.25, -0.2) is 8.42 Å². The van der Waals surface area contributed by atoms with Crippen LogP contribution in [0.1, 0.15) is 38.6 Å². The van der Waals surface area contributed by atoms with Crippen molar-refractivity contribution in [3.8, 4) is 0 Å². The van der Waals surface area contributed by atoms with E-state index < -0.39 is 15.6 Å². The molecule has 0 saturated heterocycles. The lowest BCUT2D eigenvalue weighted by molar-refractivity contribution is 0.214. The highest BCUT2D eigenvalue weighted by molar-refractivity contribution is 7.89. The second-order valence-corrected chi connectivity index (χ2v) is 6.79. The zero-order chi connectivity index (χ0) is 14.8. The molecular formula is C12H24N4O2S. The lowest BCUT2D eigenvalue weighted by Crippen LogP contribution is -2.53. The monoisotopic (exact) mass is 288 g/mol. The van der Waals surface area contributed by atoms with Crippen molar-refractivity contribution in [3.63, 3.8) is 0 Å². The van der Waals surface area contributed by atoms with Crippen molar-refractivity contribution in [2.45, 2.75) is 51.5 Å². The standard InChI is InChI=1S/C12H24N4O2S/c1-6-12(5,8-13)16(7-2)19(17,18)11-9(3)14-15-10(11)4/h6-8,13H2,1-5H3,(H,14,15). The van der Waals surface area contributed by atoms with Crippen LogP contribution in [0.25, 0.3) is 0 Å². The van der Waals surface area contributed by atoms with Gasteiger partial charge in [0, 0.05) is 18.6 Å². The first-order valence-corrected chi connectivity index (χ1v) is 7.93. The van der Waals surface area contributed by atoms with Crippen LogP contribution in [0.2, 0.25) is 0 Å². The van der Waals surface area contributed by atoms with Gasteiger partial charge in [-0.2, -0.15) is 9.40 Å². The third-order valence-corrected chi connectivity index (χ3v) is 6.10. The van der Waals surface area contributed by atoms with Crippen LogP contribution in [0, 0.1) is 13.8 Å². The zero-order valence-corrected chi connectivity index (χ0v) is 13.1. The lowest BCUT2D eigenvalue weighted by Gasteiger charge is -2.38. The summed E-state index contributed by atoms with van der Waals surface area (Å²) < 4.78 is 27.2. The van der Waals surface area contributed by atoms with Gasteiger partial charge < -0.3 is 5.73 Å². The predicted octanol–water partition coefficient (Wildman–Crippen LogP) is 1.16. The Bertz CT molecular complexity index is 512. The number of aromatic nitrogens is 2. The number of likely N-dealkylation sites (N-methyl/N-ethyl adjacent to an activating group) is 1. The van der Waals surface area contributed by atoms with E-state index in [-0.39, 0.29) is 11.4 Å². The maximum atomic E-state index is 12.8. The number of nitrogens with two attached hydrogens (primary N) is 1. The minimum absolute atomic E-state index is 0.266. The molecule has 0 aliphatic rings. The predicted molar refractivity (Wildman–Crippen MR) is 75.4 cm³/mol. The van der Waals surface area contributed by atoms with Gasteiger partial charge in [-0.05, 0) is 27.2 Å². The molecule has 1 unspecified atom stereocenters. The van der Waals surface area contributed by atoms with Crippen LogP contribution in [0.3, 0.4) is 0 Å². The van der Waals surface area contributed by atoms with E-state index in [1.54, 1.807) is 13.8 Å². The SMILES string of the molecule is CCN(C(C)(CC)CN)S(=O)(=O)c1c(C)n[nH]c1C. The molecule has 1 heterocycles. The molecule has 19 heavy (non-hydrogen) atoms. The van der Waals surface area contributed by atoms with E-state index in [2.05, 4.69) is 10.2 Å². The Morgan fingerprint density at radius 2 is 1.95 bits per heavy atom. The molecule has 7 heteroatoms. The van der Waals surface area contributed by atoms with E-state index in [9.17, 15) is 8.42 Å². The van der Waals surface area contributed by atoms with E-state index in [0.29, 0.717) is 24.4 Å². The summed E-state index contributed by atoms with van der Waals surface area (Å²) in [5, 5.41) is 6.69. The van der Waals surface area contributed by atoms with Crippen molar-refractivity contribution in [1.29, 1.82) is 0 Å². The zero-order valence-electron chi connectivity index (χ0n) is 12.3. The number of hydrogen-bond acceptors (Lipinski definition) is 4. The summed E-state index contributed by atoms with van der Waals surface area (Å²) in [6.07, 6.45) is 0.659. The summed E-state index contributed by atoms with van der Waals surface area (Å²) in [6.45, 7) is 9.72. The van der Waals surface area contributed by atoms with Crippen LogP contribution in [0.15, 0.2) is 4.90 Å². The summed E-state index contributed by atoms with van der Waals surface area (Å²) in [5.41, 5.74) is 6.26. The van der Waals surface area contributed by atoms with E-state index >= 15 is 0 Å². The highest BCUT2D eigenvalue weighted by Gasteiger charge is 2.39. The van der Waals surface area contributed by atoms with Gasteiger partial charge in [0.2, 0.25) is 10.0 Å². The normalized spacial score (nSPS) is 15.7. The molecule has 0 fully saturated rings. The largest absolute Gasteiger partial charge is 0.329 e. The summed E-state index contributed by atoms with van der Waals surface area (Å²) in [7, 11) is -3.59. The van der Waals surface area contributed by atoms with Crippen LogP contribution < -0.4 is 5.73 Å². The maximum Gasteiger partial charge on any atom is 0.247 e. The molecule has 0 radical (unpaired) electrons. The van der Waals surface area contributed by atoms with E-state index in [0.717, 1.165) is 0 Å². The molecule has 1 aromatic rings.